The molecule has 0 aliphatic heterocycles. The summed E-state index contributed by atoms with van der Waals surface area (Å²) in [5.41, 5.74) is 2.24. The van der Waals surface area contributed by atoms with E-state index < -0.39 is 17.1 Å². The minimum atomic E-state index is -0.826. The van der Waals surface area contributed by atoms with Crippen LogP contribution in [0.4, 0.5) is 5.69 Å². The van der Waals surface area contributed by atoms with Crippen molar-refractivity contribution < 1.29 is 19.5 Å². The minimum absolute atomic E-state index is 0.115. The molecule has 0 heterocycles. The molecular weight excluding hydrogens is 498 g/mol. The predicted molar refractivity (Wildman–Crippen MR) is 158 cm³/mol. The number of benzene rings is 3. The van der Waals surface area contributed by atoms with E-state index in [0.29, 0.717) is 18.4 Å². The molecule has 40 heavy (non-hydrogen) atoms. The number of phenolic OH excluding ortho intramolecular Hbond substituents is 1. The molecule has 5 nitrogen and oxygen atoms in total. The van der Waals surface area contributed by atoms with Gasteiger partial charge in [0, 0.05) is 47.8 Å². The van der Waals surface area contributed by atoms with Gasteiger partial charge in [-0.2, -0.15) is 0 Å². The average Bonchev–Trinajstić information content (AvgIpc) is 3.30. The summed E-state index contributed by atoms with van der Waals surface area (Å²) in [6, 6.07) is 19.8. The first kappa shape index (κ1) is 27.8. The van der Waals surface area contributed by atoms with Crippen molar-refractivity contribution in [3.8, 4) is 5.75 Å². The van der Waals surface area contributed by atoms with Gasteiger partial charge in [-0.15, -0.1) is 0 Å². The van der Waals surface area contributed by atoms with Crippen LogP contribution in [0.5, 0.6) is 5.75 Å². The van der Waals surface area contributed by atoms with Gasteiger partial charge in [-0.05, 0) is 62.6 Å². The van der Waals surface area contributed by atoms with Gasteiger partial charge in [0.25, 0.3) is 0 Å². The van der Waals surface area contributed by atoms with E-state index in [4.69, 9.17) is 0 Å². The molecule has 2 aliphatic rings. The summed E-state index contributed by atoms with van der Waals surface area (Å²) in [5, 5.41) is 10.9. The third kappa shape index (κ3) is 4.18. The van der Waals surface area contributed by atoms with Crippen molar-refractivity contribution in [3.05, 3.63) is 94.5 Å². The van der Waals surface area contributed by atoms with E-state index in [9.17, 15) is 19.5 Å². The number of carbonyl (C=O) groups is 3. The largest absolute Gasteiger partial charge is 0.507 e. The van der Waals surface area contributed by atoms with Gasteiger partial charge in [-0.1, -0.05) is 67.9 Å². The Hall–Kier alpha value is -3.73. The number of ketones is 3. The zero-order valence-corrected chi connectivity index (χ0v) is 24.2. The third-order valence-corrected chi connectivity index (χ3v) is 9.94. The zero-order chi connectivity index (χ0) is 28.8. The molecule has 0 aromatic heterocycles. The first-order chi connectivity index (χ1) is 19.1. The van der Waals surface area contributed by atoms with Crippen molar-refractivity contribution in [1.29, 1.82) is 0 Å². The highest BCUT2D eigenvalue weighted by atomic mass is 16.3. The van der Waals surface area contributed by atoms with E-state index in [0.717, 1.165) is 36.3 Å². The normalized spacial score (nSPS) is 21.8. The van der Waals surface area contributed by atoms with Crippen LogP contribution in [0, 0.1) is 23.7 Å². The second kappa shape index (κ2) is 10.3. The molecule has 0 saturated heterocycles. The number of hydrogen-bond acceptors (Lipinski definition) is 5. The van der Waals surface area contributed by atoms with Crippen LogP contribution in [0.1, 0.15) is 90.3 Å². The fourth-order valence-electron chi connectivity index (χ4n) is 7.50. The highest BCUT2D eigenvalue weighted by molar-refractivity contribution is 6.18. The summed E-state index contributed by atoms with van der Waals surface area (Å²) < 4.78 is 0. The van der Waals surface area contributed by atoms with Crippen LogP contribution < -0.4 is 4.90 Å². The Morgan fingerprint density at radius 3 is 2.15 bits per heavy atom. The average molecular weight is 538 g/mol. The molecule has 0 amide bonds. The van der Waals surface area contributed by atoms with Crippen LogP contribution >= 0.6 is 0 Å². The maximum absolute atomic E-state index is 14.7. The number of fused-ring (bicyclic) bond motifs is 2. The SMILES string of the molecule is CCN(CC)c1ccc(C(=O)c2ccccc2C(=O)C(c2ccc(C)cc2)C23CCC(CC2=O)C3(C)C)c(O)c1. The first-order valence-corrected chi connectivity index (χ1v) is 14.4. The summed E-state index contributed by atoms with van der Waals surface area (Å²) >= 11 is 0. The van der Waals surface area contributed by atoms with Crippen LogP contribution in [-0.2, 0) is 4.79 Å². The zero-order valence-electron chi connectivity index (χ0n) is 24.2. The Morgan fingerprint density at radius 1 is 0.950 bits per heavy atom. The van der Waals surface area contributed by atoms with Crippen molar-refractivity contribution in [2.24, 2.45) is 16.7 Å². The Kier molecular flexibility index (Phi) is 7.20. The van der Waals surface area contributed by atoms with Crippen molar-refractivity contribution in [2.45, 2.75) is 59.8 Å². The van der Waals surface area contributed by atoms with Gasteiger partial charge in [-0.3, -0.25) is 14.4 Å². The van der Waals surface area contributed by atoms with E-state index in [-0.39, 0.29) is 39.8 Å². The number of rotatable bonds is 9. The molecule has 5 heteroatoms. The number of carbonyl (C=O) groups excluding carboxylic acids is 3. The summed E-state index contributed by atoms with van der Waals surface area (Å²) in [6.45, 7) is 11.9. The van der Waals surface area contributed by atoms with Gasteiger partial charge >= 0.3 is 0 Å². The lowest BCUT2D eigenvalue weighted by Crippen LogP contribution is -2.45. The highest BCUT2D eigenvalue weighted by Gasteiger charge is 2.68. The molecule has 3 unspecified atom stereocenters. The Bertz CT molecular complexity index is 1470. The lowest BCUT2D eigenvalue weighted by molar-refractivity contribution is -0.130. The fraction of sp³-hybridized carbons (Fsp3) is 0.400. The number of phenols is 1. The third-order valence-electron chi connectivity index (χ3n) is 9.94. The van der Waals surface area contributed by atoms with Crippen LogP contribution in [-0.4, -0.2) is 35.5 Å². The molecule has 2 saturated carbocycles. The van der Waals surface area contributed by atoms with E-state index in [2.05, 4.69) is 18.7 Å². The number of aryl methyl sites for hydroxylation is 1. The molecule has 208 valence electrons. The van der Waals surface area contributed by atoms with Crippen LogP contribution in [0.2, 0.25) is 0 Å². The molecular formula is C35H39NO4. The lowest BCUT2D eigenvalue weighted by Gasteiger charge is -2.43. The fourth-order valence-corrected chi connectivity index (χ4v) is 7.50. The summed E-state index contributed by atoms with van der Waals surface area (Å²) in [4.78, 5) is 44.5. The van der Waals surface area contributed by atoms with Gasteiger partial charge in [0.1, 0.15) is 11.5 Å². The standard InChI is InChI=1S/C35H39NO4/c1-6-36(7-2)25-16-17-28(29(37)21-25)32(39)26-10-8-9-11-27(26)33(40)31(23-14-12-22(3)13-15-23)35-19-18-24(20-30(35)38)34(35,4)5/h8-17,21,24,31,37H,6-7,18-20H2,1-5H3. The first-order valence-electron chi connectivity index (χ1n) is 14.4. The molecule has 0 spiro atoms. The number of hydrogen-bond donors (Lipinski definition) is 1. The second-order valence-electron chi connectivity index (χ2n) is 12.0. The molecule has 3 atom stereocenters. The van der Waals surface area contributed by atoms with Crippen molar-refractivity contribution in [2.75, 3.05) is 18.0 Å². The quantitative estimate of drug-likeness (QED) is 0.294. The van der Waals surface area contributed by atoms with Crippen LogP contribution in [0.15, 0.2) is 66.7 Å². The molecule has 3 aromatic carbocycles. The Labute approximate surface area is 237 Å². The van der Waals surface area contributed by atoms with Gasteiger partial charge in [-0.25, -0.2) is 0 Å². The Morgan fingerprint density at radius 2 is 1.60 bits per heavy atom. The van der Waals surface area contributed by atoms with Crippen LogP contribution in [0.3, 0.4) is 0 Å². The molecule has 5 rings (SSSR count). The van der Waals surface area contributed by atoms with Gasteiger partial charge in [0.2, 0.25) is 0 Å². The van der Waals surface area contributed by atoms with E-state index in [1.54, 1.807) is 36.4 Å². The molecule has 0 radical (unpaired) electrons. The van der Waals surface area contributed by atoms with Crippen LogP contribution in [0.25, 0.3) is 0 Å². The van der Waals surface area contributed by atoms with Crippen molar-refractivity contribution in [1.82, 2.24) is 0 Å². The van der Waals surface area contributed by atoms with Crippen molar-refractivity contribution >= 4 is 23.0 Å². The van der Waals surface area contributed by atoms with Gasteiger partial charge < -0.3 is 10.0 Å². The maximum Gasteiger partial charge on any atom is 0.197 e. The minimum Gasteiger partial charge on any atom is -0.507 e. The van der Waals surface area contributed by atoms with Gasteiger partial charge in [0.05, 0.1) is 11.5 Å². The smallest absolute Gasteiger partial charge is 0.197 e. The number of anilines is 1. The molecule has 3 aromatic rings. The molecule has 2 aliphatic carbocycles. The molecule has 1 N–H and O–H groups in total. The van der Waals surface area contributed by atoms with E-state index in [1.807, 2.05) is 51.1 Å². The number of Topliss-reactive ketones (excluding diaryl/α,β-unsaturated/α-hetero) is 2. The summed E-state index contributed by atoms with van der Waals surface area (Å²) in [5.74, 6) is -1.03. The van der Waals surface area contributed by atoms with Crippen molar-refractivity contribution in [3.63, 3.8) is 0 Å². The molecule has 2 fully saturated rings. The van der Waals surface area contributed by atoms with E-state index >= 15 is 0 Å². The number of aromatic hydroxyl groups is 1. The monoisotopic (exact) mass is 537 g/mol. The van der Waals surface area contributed by atoms with Gasteiger partial charge in [0.15, 0.2) is 11.6 Å². The predicted octanol–water partition coefficient (Wildman–Crippen LogP) is 7.14. The highest BCUT2D eigenvalue weighted by Crippen LogP contribution is 2.69. The second-order valence-corrected chi connectivity index (χ2v) is 12.0. The Balaban J connectivity index is 1.61. The number of nitrogens with zero attached hydrogens (tertiary/aromatic N) is 1. The topological polar surface area (TPSA) is 74.7 Å². The van der Waals surface area contributed by atoms with E-state index in [1.165, 1.54) is 0 Å². The lowest BCUT2D eigenvalue weighted by atomic mass is 9.57. The summed E-state index contributed by atoms with van der Waals surface area (Å²) in [6.07, 6.45) is 2.08. The summed E-state index contributed by atoms with van der Waals surface area (Å²) in [7, 11) is 0. The maximum atomic E-state index is 14.7. The molecule has 2 bridgehead atoms.